The zero-order valence-corrected chi connectivity index (χ0v) is 47.8. The van der Waals surface area contributed by atoms with Crippen LogP contribution in [0.15, 0.2) is 110 Å². The molecule has 0 fully saturated rings. The molecule has 0 spiro atoms. The number of carbonyl (C=O) groups excluding carboxylic acids is 2. The summed E-state index contributed by atoms with van der Waals surface area (Å²) in [5.41, 5.74) is 11.7. The van der Waals surface area contributed by atoms with E-state index in [1.54, 1.807) is 59.2 Å². The van der Waals surface area contributed by atoms with Gasteiger partial charge in [0, 0.05) is 66.9 Å². The van der Waals surface area contributed by atoms with E-state index in [2.05, 4.69) is 112 Å². The molecule has 0 aliphatic carbocycles. The van der Waals surface area contributed by atoms with Gasteiger partial charge in [0.2, 0.25) is 0 Å². The van der Waals surface area contributed by atoms with Crippen LogP contribution in [-0.2, 0) is 35.5 Å². The normalized spacial score (nSPS) is 11.4. The van der Waals surface area contributed by atoms with Crippen molar-refractivity contribution in [3.8, 4) is 64.9 Å². The second kappa shape index (κ2) is 28.8. The molecule has 7 heterocycles. The fourth-order valence-electron chi connectivity index (χ4n) is 8.90. The summed E-state index contributed by atoms with van der Waals surface area (Å²) in [6, 6.07) is 26.8. The van der Waals surface area contributed by atoms with Crippen molar-refractivity contribution >= 4 is 88.3 Å². The van der Waals surface area contributed by atoms with Crippen molar-refractivity contribution in [2.75, 3.05) is 0 Å². The smallest absolute Gasteiger partial charge is 0.753 e. The largest absolute Gasteiger partial charge is 2.00 e. The first-order valence-electron chi connectivity index (χ1n) is 23.4. The zero-order chi connectivity index (χ0) is 53.3. The molecule has 0 amide bonds. The first-order valence-corrected chi connectivity index (χ1v) is 28.5. The number of nitrogens with one attached hydrogen (secondary N) is 2. The molecule has 20 heteroatoms. The molecule has 7 aromatic heterocycles. The van der Waals surface area contributed by atoms with E-state index in [9.17, 15) is 22.8 Å². The number of rotatable bonds is 20. The summed E-state index contributed by atoms with van der Waals surface area (Å²) in [6.07, 6.45) is 6.71. The molecule has 0 bridgehead atoms. The van der Waals surface area contributed by atoms with E-state index in [0.717, 1.165) is 27.3 Å². The number of halogens is 3. The maximum absolute atomic E-state index is 12.6. The van der Waals surface area contributed by atoms with Crippen LogP contribution in [0, 0.1) is 5.41 Å². The van der Waals surface area contributed by atoms with Crippen LogP contribution in [-0.4, -0.2) is 58.0 Å². The number of hydrogen-bond donors (Lipinski definition) is 1. The third-order valence-corrected chi connectivity index (χ3v) is 23.6. The molecule has 11 nitrogen and oxygen atoms in total. The summed E-state index contributed by atoms with van der Waals surface area (Å²) < 4.78 is 49.4. The van der Waals surface area contributed by atoms with Crippen molar-refractivity contribution in [1.29, 1.82) is 5.41 Å². The summed E-state index contributed by atoms with van der Waals surface area (Å²) in [5.74, 6) is 0.625. The van der Waals surface area contributed by atoms with E-state index in [-0.39, 0.29) is 25.2 Å². The van der Waals surface area contributed by atoms with Gasteiger partial charge < -0.3 is 20.6 Å². The molecule has 7 aromatic rings. The Labute approximate surface area is 461 Å². The number of nitrogens with zero attached hydrogens (tertiary/aromatic N) is 5. The first kappa shape index (κ1) is 60.8. The van der Waals surface area contributed by atoms with Crippen LogP contribution in [0.4, 0.5) is 13.2 Å². The molecule has 0 aromatic carbocycles. The summed E-state index contributed by atoms with van der Waals surface area (Å²) >= 11 is 9.07. The molecule has 0 saturated carbocycles. The van der Waals surface area contributed by atoms with Crippen LogP contribution in [0.2, 0.25) is 16.6 Å². The van der Waals surface area contributed by atoms with E-state index >= 15 is 0 Å². The molecule has 0 radical (unpaired) electrons. The van der Waals surface area contributed by atoms with Gasteiger partial charge in [-0.15, -0.1) is 39.7 Å². The molecule has 0 aliphatic heterocycles. The van der Waals surface area contributed by atoms with E-state index in [0.29, 0.717) is 69.9 Å². The van der Waals surface area contributed by atoms with Crippen molar-refractivity contribution in [2.45, 2.75) is 103 Å². The maximum Gasteiger partial charge on any atom is 2.00 e. The molecule has 388 valence electrons. The van der Waals surface area contributed by atoms with E-state index in [1.165, 1.54) is 62.4 Å². The number of alkyl halides is 3. The standard InChI is InChI=1S/C31H27N3O4S2.C22H29F3N3SSi.CNS.Ru/c1-2-3-4-5-6-24-7-8-30(39-24)31-10-9-29(40-31)21-11-13-32-25(15-21)27-17-23(38-20-36)18-28(34-27)26-16-22(37-19-35)12-14-33-26;1-13(2)30(14(3)4,15(5)6)21-8-7-19(29-21)16-9-10-28-18(11-16)17(26)12-20(27)22(23,24)25;2-1-3;/h7-20H,2-6H2,1H3;7-15,26-27H,1-6H3;;/q;2*-1;+2/b;17-12-,27-20?;;. The Kier molecular flexibility index (Phi) is 23.7. The van der Waals surface area contributed by atoms with Gasteiger partial charge in [0.1, 0.15) is 25.3 Å². The number of hydrogen-bond acceptors (Lipinski definition) is 13. The molecule has 0 atom stereocenters. The van der Waals surface area contributed by atoms with Gasteiger partial charge >= 0.3 is 25.7 Å². The van der Waals surface area contributed by atoms with Gasteiger partial charge in [-0.1, -0.05) is 86.0 Å². The van der Waals surface area contributed by atoms with Gasteiger partial charge in [0.15, 0.2) is 0 Å². The zero-order valence-electron chi connectivity index (χ0n) is 41.8. The fraction of sp³-hybridized carbons (Fsp3) is 0.296. The summed E-state index contributed by atoms with van der Waals surface area (Å²) in [5, 5.41) is 15.6. The second-order valence-electron chi connectivity index (χ2n) is 17.6. The maximum atomic E-state index is 12.6. The molecular weight excluding hydrogens is 1130 g/mol. The van der Waals surface area contributed by atoms with Gasteiger partial charge in [-0.2, -0.15) is 18.3 Å². The van der Waals surface area contributed by atoms with Crippen molar-refractivity contribution in [1.82, 2.24) is 19.9 Å². The van der Waals surface area contributed by atoms with Crippen LogP contribution >= 0.6 is 46.2 Å². The van der Waals surface area contributed by atoms with Crippen LogP contribution in [0.25, 0.3) is 70.3 Å². The molecule has 0 unspecified atom stereocenters. The van der Waals surface area contributed by atoms with Crippen molar-refractivity contribution < 1.29 is 51.7 Å². The van der Waals surface area contributed by atoms with Gasteiger partial charge in [0.05, 0.1) is 22.8 Å². The number of aryl methyl sites for hydroxylation is 1. The molecular formula is C54H56F3N7O4RuS4Si. The molecule has 7 rings (SSSR count). The predicted octanol–water partition coefficient (Wildman–Crippen LogP) is 16.2. The predicted molar refractivity (Wildman–Crippen MR) is 299 cm³/mol. The van der Waals surface area contributed by atoms with E-state index < -0.39 is 25.7 Å². The monoisotopic (exact) mass is 1180 g/mol. The van der Waals surface area contributed by atoms with Crippen LogP contribution in [0.3, 0.4) is 0 Å². The SMILES string of the molecule is CC(C)[Si](c1ccc(-c2ccnc(/C([NH-])=C/C(=N)C(F)(F)F)c2)s1)(C(C)C)C(C)C.CCCCCCc1ccc(-c2ccc(-c3ccnc(-c4cc(OC=O)cc(-c5cc(OC=O)ccn5)n4)c3)s2)s1.[N-]=C=S.[Ru+2]. The minimum absolute atomic E-state index is 0. The van der Waals surface area contributed by atoms with E-state index in [1.807, 2.05) is 29.5 Å². The summed E-state index contributed by atoms with van der Waals surface area (Å²) in [6.45, 7) is 16.8. The third-order valence-electron chi connectivity index (χ3n) is 12.1. The van der Waals surface area contributed by atoms with Crippen LogP contribution in [0.5, 0.6) is 11.5 Å². The van der Waals surface area contributed by atoms with Crippen molar-refractivity contribution in [3.05, 3.63) is 131 Å². The topological polar surface area (TPSA) is 174 Å². The van der Waals surface area contributed by atoms with E-state index in [4.69, 9.17) is 31.0 Å². The van der Waals surface area contributed by atoms with Crippen molar-refractivity contribution in [2.24, 2.45) is 0 Å². The Morgan fingerprint density at radius 1 is 0.716 bits per heavy atom. The Hall–Kier alpha value is -5.72. The van der Waals surface area contributed by atoms with Gasteiger partial charge in [-0.3, -0.25) is 30.0 Å². The number of aromatic nitrogens is 4. The van der Waals surface area contributed by atoms with Gasteiger partial charge in [0.25, 0.3) is 12.9 Å². The third kappa shape index (κ3) is 15.9. The Balaban J connectivity index is 0.000000312. The fourth-order valence-corrected chi connectivity index (χ4v) is 21.0. The number of carbonyl (C=O) groups is 2. The number of ether oxygens (including phenoxy) is 2. The van der Waals surface area contributed by atoms with Crippen LogP contribution < -0.4 is 14.0 Å². The Morgan fingerprint density at radius 3 is 1.84 bits per heavy atom. The second-order valence-corrected chi connectivity index (χ2v) is 27.3. The first-order chi connectivity index (χ1) is 34.9. The van der Waals surface area contributed by atoms with Crippen molar-refractivity contribution in [3.63, 3.8) is 0 Å². The minimum Gasteiger partial charge on any atom is -0.753 e. The van der Waals surface area contributed by atoms with Crippen LogP contribution in [0.1, 0.15) is 84.7 Å². The Morgan fingerprint density at radius 2 is 1.23 bits per heavy atom. The van der Waals surface area contributed by atoms with Gasteiger partial charge in [-0.05, 0) is 112 Å². The summed E-state index contributed by atoms with van der Waals surface area (Å²) in [7, 11) is -1.79. The summed E-state index contributed by atoms with van der Waals surface area (Å²) in [4.78, 5) is 45.6. The number of thiophene rings is 3. The number of thiocarbonyl (C=S) groups is 1. The number of allylic oxidation sites excluding steroid dienone is 1. The molecule has 0 saturated heterocycles. The minimum atomic E-state index is -4.77. The number of pyridine rings is 4. The quantitative estimate of drug-likeness (QED) is 0.0256. The number of unbranched alkanes of at least 4 members (excludes halogenated alkanes) is 3. The number of isothiocyanates is 1. The molecule has 74 heavy (non-hydrogen) atoms. The average Bonchev–Trinajstić information content (AvgIpc) is 4.16. The molecule has 2 N–H and O–H groups in total. The van der Waals surface area contributed by atoms with Gasteiger partial charge in [-0.25, -0.2) is 4.98 Å². The Bertz CT molecular complexity index is 3020. The average molecular weight is 1180 g/mol. The molecule has 0 aliphatic rings.